The molecule has 3 rings (SSSR count). The van der Waals surface area contributed by atoms with E-state index in [4.69, 9.17) is 9.47 Å². The van der Waals surface area contributed by atoms with Crippen molar-refractivity contribution in [2.24, 2.45) is 0 Å². The first-order chi connectivity index (χ1) is 14.3. The van der Waals surface area contributed by atoms with Crippen molar-refractivity contribution >= 4 is 39.1 Å². The molecule has 0 saturated carbocycles. The van der Waals surface area contributed by atoms with Crippen molar-refractivity contribution in [2.45, 2.75) is 6.61 Å². The molecule has 0 fully saturated rings. The minimum absolute atomic E-state index is 0.104. The number of ether oxygens (including phenoxy) is 2. The van der Waals surface area contributed by atoms with E-state index in [1.807, 2.05) is 0 Å². The van der Waals surface area contributed by atoms with E-state index >= 15 is 0 Å². The van der Waals surface area contributed by atoms with Crippen molar-refractivity contribution in [3.63, 3.8) is 0 Å². The molecule has 3 aromatic rings. The summed E-state index contributed by atoms with van der Waals surface area (Å²) in [7, 11) is 1.38. The maximum Gasteiger partial charge on any atom is 0.203 e. The Kier molecular flexibility index (Phi) is 6.94. The van der Waals surface area contributed by atoms with E-state index in [2.05, 4.69) is 15.9 Å². The first kappa shape index (κ1) is 22.0. The molecule has 156 valence electrons. The molecule has 0 saturated heterocycles. The van der Waals surface area contributed by atoms with E-state index < -0.39 is 35.6 Å². The molecule has 0 unspecified atom stereocenters. The van der Waals surface area contributed by atoms with Crippen LogP contribution in [-0.4, -0.2) is 12.9 Å². The summed E-state index contributed by atoms with van der Waals surface area (Å²) in [5.41, 5.74) is 0.944. The number of hydrogen-bond donors (Lipinski definition) is 0. The highest BCUT2D eigenvalue weighted by Gasteiger charge is 2.21. The average molecular weight is 501 g/mol. The van der Waals surface area contributed by atoms with E-state index in [0.29, 0.717) is 21.8 Å². The lowest BCUT2D eigenvalue weighted by molar-refractivity contribution is 0.105. The largest absolute Gasteiger partial charge is 0.496 e. The van der Waals surface area contributed by atoms with E-state index in [0.717, 1.165) is 4.47 Å². The zero-order valence-electron chi connectivity index (χ0n) is 15.3. The second-order valence-corrected chi connectivity index (χ2v) is 7.81. The number of hydrogen-bond acceptors (Lipinski definition) is 4. The third kappa shape index (κ3) is 4.91. The number of halogens is 5. The van der Waals surface area contributed by atoms with Crippen LogP contribution in [0.1, 0.15) is 20.8 Å². The molecule has 0 radical (unpaired) electrons. The van der Waals surface area contributed by atoms with Gasteiger partial charge in [-0.25, -0.2) is 8.78 Å². The monoisotopic (exact) mass is 500 g/mol. The molecule has 0 aliphatic heterocycles. The Morgan fingerprint density at radius 2 is 1.80 bits per heavy atom. The minimum atomic E-state index is -1.63. The molecule has 3 nitrogen and oxygen atoms in total. The predicted octanol–water partition coefficient (Wildman–Crippen LogP) is 6.55. The van der Waals surface area contributed by atoms with Crippen molar-refractivity contribution in [3.05, 3.63) is 85.5 Å². The van der Waals surface area contributed by atoms with Crippen LogP contribution in [0.3, 0.4) is 0 Å². The van der Waals surface area contributed by atoms with Crippen LogP contribution in [0.4, 0.5) is 17.6 Å². The maximum absolute atomic E-state index is 13.8. The third-order valence-corrected chi connectivity index (χ3v) is 5.69. The van der Waals surface area contributed by atoms with Gasteiger partial charge in [-0.15, -0.1) is 11.3 Å². The second-order valence-electron chi connectivity index (χ2n) is 5.98. The highest BCUT2D eigenvalue weighted by atomic mass is 79.9. The normalized spacial score (nSPS) is 11.1. The SMILES string of the molecule is COc1ccc(/C=C/C(=O)c2cc(Br)cs2)cc1COc1c(F)c(F)cc(F)c1F. The Bertz CT molecular complexity index is 1100. The maximum atomic E-state index is 13.8. The Hall–Kier alpha value is -2.65. The molecule has 0 atom stereocenters. The van der Waals surface area contributed by atoms with Crippen LogP contribution in [0.5, 0.6) is 11.5 Å². The lowest BCUT2D eigenvalue weighted by Gasteiger charge is -2.13. The molecular weight excluding hydrogens is 488 g/mol. The first-order valence-corrected chi connectivity index (χ1v) is 10.1. The number of methoxy groups -OCH3 is 1. The summed E-state index contributed by atoms with van der Waals surface area (Å²) in [6, 6.07) is 6.61. The fourth-order valence-corrected chi connectivity index (χ4v) is 3.89. The average Bonchev–Trinajstić information content (AvgIpc) is 3.17. The zero-order valence-corrected chi connectivity index (χ0v) is 17.8. The summed E-state index contributed by atoms with van der Waals surface area (Å²) >= 11 is 4.58. The summed E-state index contributed by atoms with van der Waals surface area (Å²) < 4.78 is 65.3. The summed E-state index contributed by atoms with van der Waals surface area (Å²) in [4.78, 5) is 12.7. The van der Waals surface area contributed by atoms with Crippen LogP contribution in [0.2, 0.25) is 0 Å². The van der Waals surface area contributed by atoms with E-state index in [1.54, 1.807) is 35.7 Å². The molecule has 0 amide bonds. The molecule has 1 aromatic heterocycles. The third-order valence-electron chi connectivity index (χ3n) is 3.99. The number of thiophene rings is 1. The van der Waals surface area contributed by atoms with Gasteiger partial charge in [0.2, 0.25) is 11.6 Å². The van der Waals surface area contributed by atoms with Gasteiger partial charge in [0.25, 0.3) is 0 Å². The predicted molar refractivity (Wildman–Crippen MR) is 109 cm³/mol. The first-order valence-electron chi connectivity index (χ1n) is 8.39. The van der Waals surface area contributed by atoms with E-state index in [-0.39, 0.29) is 11.8 Å². The molecule has 2 aromatic carbocycles. The van der Waals surface area contributed by atoms with Gasteiger partial charge in [-0.3, -0.25) is 4.79 Å². The van der Waals surface area contributed by atoms with Crippen LogP contribution in [0, 0.1) is 23.3 Å². The number of carbonyl (C=O) groups is 1. The van der Waals surface area contributed by atoms with Gasteiger partial charge in [0.15, 0.2) is 23.2 Å². The lowest BCUT2D eigenvalue weighted by atomic mass is 10.1. The van der Waals surface area contributed by atoms with Crippen LogP contribution in [0.25, 0.3) is 6.08 Å². The number of carbonyl (C=O) groups excluding carboxylic acids is 1. The van der Waals surface area contributed by atoms with Gasteiger partial charge in [-0.2, -0.15) is 8.78 Å². The number of ketones is 1. The molecule has 30 heavy (non-hydrogen) atoms. The van der Waals surface area contributed by atoms with Gasteiger partial charge in [-0.1, -0.05) is 12.1 Å². The molecule has 0 aliphatic carbocycles. The van der Waals surface area contributed by atoms with Crippen molar-refractivity contribution < 1.29 is 31.8 Å². The Balaban J connectivity index is 1.82. The molecular formula is C21H13BrF4O3S. The molecule has 0 aliphatic rings. The number of rotatable bonds is 7. The van der Waals surface area contributed by atoms with Gasteiger partial charge in [0, 0.05) is 21.5 Å². The van der Waals surface area contributed by atoms with Crippen LogP contribution in [-0.2, 0) is 6.61 Å². The molecule has 0 bridgehead atoms. The van der Waals surface area contributed by atoms with Crippen LogP contribution < -0.4 is 9.47 Å². The lowest BCUT2D eigenvalue weighted by Crippen LogP contribution is -2.05. The second kappa shape index (κ2) is 9.44. The Labute approximate surface area is 181 Å². The highest BCUT2D eigenvalue weighted by molar-refractivity contribution is 9.10. The highest BCUT2D eigenvalue weighted by Crippen LogP contribution is 2.29. The van der Waals surface area contributed by atoms with Crippen molar-refractivity contribution in [2.75, 3.05) is 7.11 Å². The fraction of sp³-hybridized carbons (Fsp3) is 0.0952. The number of allylic oxidation sites excluding steroid dienone is 1. The Morgan fingerprint density at radius 3 is 2.40 bits per heavy atom. The van der Waals surface area contributed by atoms with Crippen LogP contribution >= 0.6 is 27.3 Å². The minimum Gasteiger partial charge on any atom is -0.496 e. The van der Waals surface area contributed by atoms with Crippen molar-refractivity contribution in [3.8, 4) is 11.5 Å². The number of benzene rings is 2. The van der Waals surface area contributed by atoms with Crippen molar-refractivity contribution in [1.29, 1.82) is 0 Å². The van der Waals surface area contributed by atoms with Gasteiger partial charge in [0.05, 0.1) is 12.0 Å². The quantitative estimate of drug-likeness (QED) is 0.159. The zero-order chi connectivity index (χ0) is 21.8. The van der Waals surface area contributed by atoms with Gasteiger partial charge in [-0.05, 0) is 45.8 Å². The summed E-state index contributed by atoms with van der Waals surface area (Å²) in [6.07, 6.45) is 2.94. The van der Waals surface area contributed by atoms with Gasteiger partial charge in [0.1, 0.15) is 12.4 Å². The topological polar surface area (TPSA) is 35.5 Å². The molecule has 0 N–H and O–H groups in total. The summed E-state index contributed by atoms with van der Waals surface area (Å²) in [5.74, 6) is -7.41. The van der Waals surface area contributed by atoms with E-state index in [1.165, 1.54) is 24.5 Å². The molecule has 9 heteroatoms. The van der Waals surface area contributed by atoms with E-state index in [9.17, 15) is 22.4 Å². The van der Waals surface area contributed by atoms with Crippen LogP contribution in [0.15, 0.2) is 46.3 Å². The smallest absolute Gasteiger partial charge is 0.203 e. The van der Waals surface area contributed by atoms with Gasteiger partial charge < -0.3 is 9.47 Å². The van der Waals surface area contributed by atoms with Gasteiger partial charge >= 0.3 is 0 Å². The molecule has 1 heterocycles. The fourth-order valence-electron chi connectivity index (χ4n) is 2.54. The standard InChI is InChI=1S/C21H13BrF4O3S/c1-28-17-5-3-11(2-4-16(27)18-7-13(22)10-30-18)6-12(17)9-29-21-19(25)14(23)8-15(24)20(21)26/h2-8,10H,9H2,1H3/b4-2+. The Morgan fingerprint density at radius 1 is 1.10 bits per heavy atom. The molecule has 0 spiro atoms. The summed E-state index contributed by atoms with van der Waals surface area (Å²) in [6.45, 7) is -0.423. The van der Waals surface area contributed by atoms with Crippen molar-refractivity contribution in [1.82, 2.24) is 0 Å². The summed E-state index contributed by atoms with van der Waals surface area (Å²) in [5, 5.41) is 1.79.